The first-order valence-corrected chi connectivity index (χ1v) is 18.6. The summed E-state index contributed by atoms with van der Waals surface area (Å²) >= 11 is 0. The van der Waals surface area contributed by atoms with Crippen molar-refractivity contribution in [3.63, 3.8) is 0 Å². The van der Waals surface area contributed by atoms with Gasteiger partial charge in [0.15, 0.2) is 0 Å². The van der Waals surface area contributed by atoms with Crippen molar-refractivity contribution in [3.05, 3.63) is 138 Å². The molecule has 0 aliphatic heterocycles. The van der Waals surface area contributed by atoms with Crippen LogP contribution in [-0.4, -0.2) is 19.2 Å². The second-order valence-electron chi connectivity index (χ2n) is 13.1. The monoisotopic (exact) mass is 621 g/mol. The Hall–Kier alpha value is -3.67. The number of ether oxygens (including phenoxy) is 1. The zero-order valence-electron chi connectivity index (χ0n) is 28.1. The van der Waals surface area contributed by atoms with Crippen molar-refractivity contribution >= 4 is 14.3 Å². The zero-order valence-corrected chi connectivity index (χ0v) is 29.1. The minimum Gasteiger partial charge on any atom is -0.543 e. The van der Waals surface area contributed by atoms with E-state index in [2.05, 4.69) is 126 Å². The molecule has 0 amide bonds. The van der Waals surface area contributed by atoms with Gasteiger partial charge in [0, 0.05) is 18.6 Å². The molecule has 0 aromatic heterocycles. The second kappa shape index (κ2) is 16.1. The van der Waals surface area contributed by atoms with E-state index in [0.717, 1.165) is 16.9 Å². The molecule has 238 valence electrons. The fourth-order valence-corrected chi connectivity index (χ4v) is 12.2. The molecule has 0 N–H and O–H groups in total. The van der Waals surface area contributed by atoms with E-state index >= 15 is 0 Å². The highest BCUT2D eigenvalue weighted by Gasteiger charge is 2.47. The van der Waals surface area contributed by atoms with Crippen LogP contribution in [0.1, 0.15) is 89.2 Å². The van der Waals surface area contributed by atoms with Crippen molar-refractivity contribution < 1.29 is 14.0 Å². The molecule has 4 aromatic rings. The Bertz CT molecular complexity index is 1420. The van der Waals surface area contributed by atoms with Crippen molar-refractivity contribution in [1.82, 2.24) is 4.90 Å². The maximum Gasteiger partial charge on any atom is 0.308 e. The van der Waals surface area contributed by atoms with Crippen molar-refractivity contribution in [2.75, 3.05) is 0 Å². The van der Waals surface area contributed by atoms with Gasteiger partial charge in [-0.1, -0.05) is 145 Å². The quantitative estimate of drug-likeness (QED) is 0.0978. The van der Waals surface area contributed by atoms with Gasteiger partial charge in [-0.15, -0.1) is 0 Å². The van der Waals surface area contributed by atoms with Gasteiger partial charge in [0.1, 0.15) is 12.4 Å². The van der Waals surface area contributed by atoms with Gasteiger partial charge in [0.05, 0.1) is 6.42 Å². The smallest absolute Gasteiger partial charge is 0.308 e. The number of hydrogen-bond donors (Lipinski definition) is 0. The minimum atomic E-state index is -2.10. The molecule has 0 aliphatic carbocycles. The first-order valence-electron chi connectivity index (χ1n) is 16.4. The molecule has 4 rings (SSSR count). The third-order valence-electron chi connectivity index (χ3n) is 9.26. The highest BCUT2D eigenvalue weighted by molar-refractivity contribution is 6.78. The van der Waals surface area contributed by atoms with Crippen LogP contribution >= 0.6 is 0 Å². The van der Waals surface area contributed by atoms with E-state index in [1.807, 2.05) is 42.5 Å². The average Bonchev–Trinajstić information content (AvgIpc) is 3.05. The third-order valence-corrected chi connectivity index (χ3v) is 15.3. The number of rotatable bonds is 15. The zero-order chi connectivity index (χ0) is 32.4. The maximum atomic E-state index is 13.5. The van der Waals surface area contributed by atoms with Crippen molar-refractivity contribution in [3.8, 4) is 5.75 Å². The predicted octanol–water partition coefficient (Wildman–Crippen LogP) is 10.7. The average molecular weight is 622 g/mol. The van der Waals surface area contributed by atoms with Crippen molar-refractivity contribution in [2.45, 2.75) is 96.7 Å². The van der Waals surface area contributed by atoms with Crippen LogP contribution in [0.3, 0.4) is 0 Å². The SMILES string of the molecule is CC(C)[Si](Oc1ccc([C@@H](CC(=O)OCc2ccccc2)N(Cc2ccccc2)[C@@H](C)c2ccccc2)cc1)(C(C)C)C(C)C. The fourth-order valence-electron chi connectivity index (χ4n) is 6.93. The van der Waals surface area contributed by atoms with Crippen molar-refractivity contribution in [1.29, 1.82) is 0 Å². The number of carbonyl (C=O) groups is 1. The lowest BCUT2D eigenvalue weighted by Gasteiger charge is -2.42. The summed E-state index contributed by atoms with van der Waals surface area (Å²) in [6.45, 7) is 17.0. The molecular weight excluding hydrogens is 571 g/mol. The van der Waals surface area contributed by atoms with E-state index in [9.17, 15) is 4.79 Å². The number of carbonyl (C=O) groups excluding carboxylic acids is 1. The van der Waals surface area contributed by atoms with Crippen LogP contribution in [0.5, 0.6) is 5.75 Å². The Balaban J connectivity index is 1.70. The molecule has 0 spiro atoms. The molecule has 0 saturated heterocycles. The lowest BCUT2D eigenvalue weighted by Crippen LogP contribution is -2.50. The van der Waals surface area contributed by atoms with Gasteiger partial charge in [0.25, 0.3) is 8.32 Å². The van der Waals surface area contributed by atoms with Crippen LogP contribution in [0.15, 0.2) is 115 Å². The largest absolute Gasteiger partial charge is 0.543 e. The number of benzene rings is 4. The maximum absolute atomic E-state index is 13.5. The van der Waals surface area contributed by atoms with Gasteiger partial charge < -0.3 is 9.16 Å². The summed E-state index contributed by atoms with van der Waals surface area (Å²) in [6, 6.07) is 39.3. The number of nitrogens with zero attached hydrogens (tertiary/aromatic N) is 1. The standard InChI is InChI=1S/C40H51NO3Si/c1-30(2)45(31(3)4,32(5)6)44-38-25-23-37(24-26-38)39(27-40(42)43-29-35-19-13-9-14-20-35)41(28-34-17-11-8-12-18-34)33(7)36-21-15-10-16-22-36/h8-26,30-33,39H,27-29H2,1-7H3/t33-,39+/m0/s1. The molecule has 0 bridgehead atoms. The lowest BCUT2D eigenvalue weighted by molar-refractivity contribution is -0.146. The summed E-state index contributed by atoms with van der Waals surface area (Å²) in [5.74, 6) is 0.700. The molecule has 4 aromatic carbocycles. The predicted molar refractivity (Wildman–Crippen MR) is 189 cm³/mol. The highest BCUT2D eigenvalue weighted by Crippen LogP contribution is 2.43. The molecule has 4 nitrogen and oxygen atoms in total. The summed E-state index contributed by atoms with van der Waals surface area (Å²) < 4.78 is 12.8. The third kappa shape index (κ3) is 8.74. The number of esters is 1. The highest BCUT2D eigenvalue weighted by atomic mass is 28.4. The molecular formula is C40H51NO3Si. The molecule has 0 aliphatic rings. The fraction of sp³-hybridized carbons (Fsp3) is 0.375. The summed E-state index contributed by atoms with van der Waals surface area (Å²) in [4.78, 5) is 16.0. The van der Waals surface area contributed by atoms with Gasteiger partial charge in [-0.2, -0.15) is 0 Å². The van der Waals surface area contributed by atoms with E-state index in [4.69, 9.17) is 9.16 Å². The van der Waals surface area contributed by atoms with Gasteiger partial charge in [-0.05, 0) is 57.9 Å². The topological polar surface area (TPSA) is 38.8 Å². The first kappa shape index (κ1) is 34.2. The molecule has 5 heteroatoms. The molecule has 45 heavy (non-hydrogen) atoms. The Morgan fingerprint density at radius 1 is 0.622 bits per heavy atom. The summed E-state index contributed by atoms with van der Waals surface area (Å²) in [5.41, 5.74) is 5.91. The van der Waals surface area contributed by atoms with E-state index in [1.165, 1.54) is 11.1 Å². The van der Waals surface area contributed by atoms with Crippen molar-refractivity contribution in [2.24, 2.45) is 0 Å². The summed E-state index contributed by atoms with van der Waals surface area (Å²) in [6.07, 6.45) is 0.236. The van der Waals surface area contributed by atoms with E-state index in [-0.39, 0.29) is 31.1 Å². The van der Waals surface area contributed by atoms with Gasteiger partial charge >= 0.3 is 5.97 Å². The van der Waals surface area contributed by atoms with E-state index < -0.39 is 8.32 Å². The van der Waals surface area contributed by atoms with Crippen LogP contribution in [0, 0.1) is 0 Å². The summed E-state index contributed by atoms with van der Waals surface area (Å²) in [7, 11) is -2.10. The van der Waals surface area contributed by atoms with Crippen LogP contribution in [0.2, 0.25) is 16.6 Å². The van der Waals surface area contributed by atoms with Gasteiger partial charge in [-0.3, -0.25) is 9.69 Å². The molecule has 0 radical (unpaired) electrons. The lowest BCUT2D eigenvalue weighted by atomic mass is 9.96. The van der Waals surface area contributed by atoms with E-state index in [0.29, 0.717) is 23.2 Å². The second-order valence-corrected chi connectivity index (χ2v) is 18.5. The van der Waals surface area contributed by atoms with Crippen LogP contribution < -0.4 is 4.43 Å². The Morgan fingerprint density at radius 2 is 1.11 bits per heavy atom. The van der Waals surface area contributed by atoms with Crippen LogP contribution in [0.4, 0.5) is 0 Å². The molecule has 0 unspecified atom stereocenters. The van der Waals surface area contributed by atoms with Crippen LogP contribution in [0.25, 0.3) is 0 Å². The Kier molecular flexibility index (Phi) is 12.2. The molecule has 0 saturated carbocycles. The van der Waals surface area contributed by atoms with E-state index in [1.54, 1.807) is 0 Å². The normalized spacial score (nSPS) is 13.3. The molecule has 2 atom stereocenters. The van der Waals surface area contributed by atoms with Crippen LogP contribution in [-0.2, 0) is 22.7 Å². The number of hydrogen-bond acceptors (Lipinski definition) is 4. The molecule has 0 heterocycles. The Labute approximate surface area is 272 Å². The Morgan fingerprint density at radius 3 is 1.62 bits per heavy atom. The summed E-state index contributed by atoms with van der Waals surface area (Å²) in [5, 5.41) is 0. The first-order chi connectivity index (χ1) is 21.6. The van der Waals surface area contributed by atoms with Gasteiger partial charge in [-0.25, -0.2) is 0 Å². The minimum absolute atomic E-state index is 0.0529. The van der Waals surface area contributed by atoms with Gasteiger partial charge in [0.2, 0.25) is 0 Å². The molecule has 0 fully saturated rings.